The van der Waals surface area contributed by atoms with Gasteiger partial charge in [0.15, 0.2) is 0 Å². The van der Waals surface area contributed by atoms with Gasteiger partial charge in [0.1, 0.15) is 5.82 Å². The molecule has 0 unspecified atom stereocenters. The summed E-state index contributed by atoms with van der Waals surface area (Å²) < 4.78 is 18.6. The lowest BCUT2D eigenvalue weighted by Crippen LogP contribution is -2.57. The van der Waals surface area contributed by atoms with Crippen LogP contribution in [0.15, 0.2) is 18.2 Å². The molecule has 2 amide bonds. The lowest BCUT2D eigenvalue weighted by Gasteiger charge is -2.31. The van der Waals surface area contributed by atoms with Crippen LogP contribution in [-0.4, -0.2) is 43.7 Å². The van der Waals surface area contributed by atoms with E-state index in [2.05, 4.69) is 10.6 Å². The minimum Gasteiger partial charge on any atom is -0.381 e. The number of aryl methyl sites for hydroxylation is 1. The van der Waals surface area contributed by atoms with Gasteiger partial charge in [-0.05, 0) is 37.5 Å². The normalized spacial score (nSPS) is 16.7. The number of halogens is 1. The number of nitrogens with two attached hydrogens (primary N) is 1. The predicted octanol–water partition coefficient (Wildman–Crippen LogP) is 0.488. The molecule has 126 valence electrons. The van der Waals surface area contributed by atoms with Gasteiger partial charge in [-0.25, -0.2) is 4.39 Å². The molecule has 0 aromatic heterocycles. The van der Waals surface area contributed by atoms with Gasteiger partial charge in [-0.3, -0.25) is 9.59 Å². The highest BCUT2D eigenvalue weighted by molar-refractivity contribution is 5.94. The standard InChI is InChI=1S/C16H22FN3O3/c1-11-2-3-12(10-13(11)17)14(21)19-6-7-20-15(22)16(18)4-8-23-9-5-16/h2-3,10H,4-9,18H2,1H3,(H,19,21)(H,20,22). The highest BCUT2D eigenvalue weighted by atomic mass is 19.1. The fourth-order valence-electron chi connectivity index (χ4n) is 2.33. The first-order valence-electron chi connectivity index (χ1n) is 7.62. The van der Waals surface area contributed by atoms with Crippen LogP contribution < -0.4 is 16.4 Å². The molecule has 1 aliphatic rings. The van der Waals surface area contributed by atoms with E-state index in [-0.39, 0.29) is 30.5 Å². The Morgan fingerprint density at radius 3 is 2.57 bits per heavy atom. The largest absolute Gasteiger partial charge is 0.381 e. The van der Waals surface area contributed by atoms with Crippen LogP contribution in [0, 0.1) is 12.7 Å². The summed E-state index contributed by atoms with van der Waals surface area (Å²) >= 11 is 0. The molecule has 0 aliphatic carbocycles. The van der Waals surface area contributed by atoms with E-state index >= 15 is 0 Å². The van der Waals surface area contributed by atoms with Crippen LogP contribution >= 0.6 is 0 Å². The maximum absolute atomic E-state index is 13.4. The highest BCUT2D eigenvalue weighted by Crippen LogP contribution is 2.17. The lowest BCUT2D eigenvalue weighted by atomic mass is 9.90. The molecule has 1 saturated heterocycles. The topological polar surface area (TPSA) is 93.5 Å². The third-order valence-corrected chi connectivity index (χ3v) is 3.97. The Morgan fingerprint density at radius 2 is 1.91 bits per heavy atom. The molecule has 1 aliphatic heterocycles. The zero-order valence-electron chi connectivity index (χ0n) is 13.2. The van der Waals surface area contributed by atoms with Crippen molar-refractivity contribution in [2.45, 2.75) is 25.3 Å². The third-order valence-electron chi connectivity index (χ3n) is 3.97. The quantitative estimate of drug-likeness (QED) is 0.688. The van der Waals surface area contributed by atoms with E-state index in [4.69, 9.17) is 10.5 Å². The SMILES string of the molecule is Cc1ccc(C(=O)NCCNC(=O)C2(N)CCOCC2)cc1F. The average molecular weight is 323 g/mol. The number of rotatable bonds is 5. The van der Waals surface area contributed by atoms with Crippen LogP contribution in [0.4, 0.5) is 4.39 Å². The maximum atomic E-state index is 13.4. The number of ether oxygens (including phenoxy) is 1. The minimum absolute atomic E-state index is 0.239. The van der Waals surface area contributed by atoms with E-state index in [1.54, 1.807) is 19.1 Å². The molecule has 6 nitrogen and oxygen atoms in total. The Labute approximate surface area is 134 Å². The van der Waals surface area contributed by atoms with Crippen molar-refractivity contribution >= 4 is 11.8 Å². The van der Waals surface area contributed by atoms with E-state index in [0.717, 1.165) is 0 Å². The second-order valence-electron chi connectivity index (χ2n) is 5.74. The van der Waals surface area contributed by atoms with E-state index in [1.165, 1.54) is 6.07 Å². The number of hydrogen-bond acceptors (Lipinski definition) is 4. The Morgan fingerprint density at radius 1 is 1.26 bits per heavy atom. The second kappa shape index (κ2) is 7.52. The Balaban J connectivity index is 1.75. The maximum Gasteiger partial charge on any atom is 0.251 e. The molecule has 0 bridgehead atoms. The first-order chi connectivity index (χ1) is 10.9. The average Bonchev–Trinajstić information content (AvgIpc) is 2.54. The summed E-state index contributed by atoms with van der Waals surface area (Å²) in [5.41, 5.74) is 5.88. The molecule has 0 spiro atoms. The van der Waals surface area contributed by atoms with Crippen LogP contribution in [0.5, 0.6) is 0 Å². The first kappa shape index (κ1) is 17.4. The summed E-state index contributed by atoms with van der Waals surface area (Å²) in [6, 6.07) is 4.30. The monoisotopic (exact) mass is 323 g/mol. The van der Waals surface area contributed by atoms with Gasteiger partial charge in [-0.1, -0.05) is 6.07 Å². The summed E-state index contributed by atoms with van der Waals surface area (Å²) in [5, 5.41) is 5.34. The zero-order chi connectivity index (χ0) is 16.9. The molecular weight excluding hydrogens is 301 g/mol. The Kier molecular flexibility index (Phi) is 5.68. The van der Waals surface area contributed by atoms with E-state index < -0.39 is 11.4 Å². The zero-order valence-corrected chi connectivity index (χ0v) is 13.2. The number of amides is 2. The van der Waals surface area contributed by atoms with Gasteiger partial charge >= 0.3 is 0 Å². The molecule has 1 heterocycles. The second-order valence-corrected chi connectivity index (χ2v) is 5.74. The Bertz CT molecular complexity index is 586. The fraction of sp³-hybridized carbons (Fsp3) is 0.500. The van der Waals surface area contributed by atoms with Crippen LogP contribution in [0.25, 0.3) is 0 Å². The van der Waals surface area contributed by atoms with Crippen molar-refractivity contribution in [3.63, 3.8) is 0 Å². The van der Waals surface area contributed by atoms with Gasteiger partial charge < -0.3 is 21.1 Å². The van der Waals surface area contributed by atoms with Crippen molar-refractivity contribution in [3.05, 3.63) is 35.1 Å². The molecule has 0 atom stereocenters. The summed E-state index contributed by atoms with van der Waals surface area (Å²) in [6.07, 6.45) is 0.960. The Hall–Kier alpha value is -1.99. The van der Waals surface area contributed by atoms with Gasteiger partial charge in [0.25, 0.3) is 5.91 Å². The summed E-state index contributed by atoms with van der Waals surface area (Å²) in [4.78, 5) is 23.9. The molecule has 0 saturated carbocycles. The van der Waals surface area contributed by atoms with Crippen molar-refractivity contribution in [2.24, 2.45) is 5.73 Å². The first-order valence-corrected chi connectivity index (χ1v) is 7.62. The van der Waals surface area contributed by atoms with Crippen LogP contribution in [0.2, 0.25) is 0 Å². The van der Waals surface area contributed by atoms with Crippen molar-refractivity contribution in [1.82, 2.24) is 10.6 Å². The number of nitrogens with one attached hydrogen (secondary N) is 2. The summed E-state index contributed by atoms with van der Waals surface area (Å²) in [6.45, 7) is 3.08. The van der Waals surface area contributed by atoms with Crippen LogP contribution in [0.3, 0.4) is 0 Å². The predicted molar refractivity (Wildman–Crippen MR) is 83.5 cm³/mol. The number of carbonyl (C=O) groups is 2. The van der Waals surface area contributed by atoms with Gasteiger partial charge in [0.2, 0.25) is 5.91 Å². The van der Waals surface area contributed by atoms with E-state index in [0.29, 0.717) is 31.6 Å². The third kappa shape index (κ3) is 4.49. The van der Waals surface area contributed by atoms with Gasteiger partial charge in [0.05, 0.1) is 5.54 Å². The van der Waals surface area contributed by atoms with Crippen LogP contribution in [0.1, 0.15) is 28.8 Å². The smallest absolute Gasteiger partial charge is 0.251 e. The highest BCUT2D eigenvalue weighted by Gasteiger charge is 2.35. The van der Waals surface area contributed by atoms with Crippen molar-refractivity contribution in [1.29, 1.82) is 0 Å². The van der Waals surface area contributed by atoms with Crippen molar-refractivity contribution < 1.29 is 18.7 Å². The van der Waals surface area contributed by atoms with Crippen molar-refractivity contribution in [3.8, 4) is 0 Å². The van der Waals surface area contributed by atoms with Crippen molar-refractivity contribution in [2.75, 3.05) is 26.3 Å². The number of carbonyl (C=O) groups excluding carboxylic acids is 2. The number of hydrogen-bond donors (Lipinski definition) is 3. The summed E-state index contributed by atoms with van der Waals surface area (Å²) in [7, 11) is 0. The fourth-order valence-corrected chi connectivity index (χ4v) is 2.33. The van der Waals surface area contributed by atoms with E-state index in [9.17, 15) is 14.0 Å². The van der Waals surface area contributed by atoms with Gasteiger partial charge in [-0.2, -0.15) is 0 Å². The molecule has 1 aromatic carbocycles. The summed E-state index contributed by atoms with van der Waals surface area (Å²) in [5.74, 6) is -1.04. The molecule has 23 heavy (non-hydrogen) atoms. The minimum atomic E-state index is -0.900. The van der Waals surface area contributed by atoms with Crippen LogP contribution in [-0.2, 0) is 9.53 Å². The van der Waals surface area contributed by atoms with Gasteiger partial charge in [0, 0.05) is 31.9 Å². The van der Waals surface area contributed by atoms with E-state index in [1.807, 2.05) is 0 Å². The molecule has 1 aromatic rings. The molecule has 0 radical (unpaired) electrons. The lowest BCUT2D eigenvalue weighted by molar-refractivity contribution is -0.129. The molecule has 7 heteroatoms. The molecule has 1 fully saturated rings. The van der Waals surface area contributed by atoms with Gasteiger partial charge in [-0.15, -0.1) is 0 Å². The molecule has 2 rings (SSSR count). The number of benzene rings is 1. The molecule has 4 N–H and O–H groups in total. The molecular formula is C16H22FN3O3.